The van der Waals surface area contributed by atoms with Crippen LogP contribution in [0.5, 0.6) is 5.75 Å². The number of methoxy groups -OCH3 is 1. The van der Waals surface area contributed by atoms with E-state index in [0.717, 1.165) is 35.5 Å². The Kier molecular flexibility index (Phi) is 4.62. The molecule has 2 aliphatic rings. The number of ketones is 1. The van der Waals surface area contributed by atoms with E-state index in [-0.39, 0.29) is 5.78 Å². The van der Waals surface area contributed by atoms with Crippen LogP contribution in [0.1, 0.15) is 30.7 Å². The Morgan fingerprint density at radius 3 is 2.46 bits per heavy atom. The van der Waals surface area contributed by atoms with Crippen LogP contribution >= 0.6 is 0 Å². The average Bonchev–Trinajstić information content (AvgIpc) is 2.74. The zero-order valence-electron chi connectivity index (χ0n) is 15.7. The maximum atomic E-state index is 13.0. The molecule has 0 bridgehead atoms. The average molecular weight is 371 g/mol. The molecule has 1 atom stereocenters. The monoisotopic (exact) mass is 371 g/mol. The van der Waals surface area contributed by atoms with Crippen molar-refractivity contribution in [2.45, 2.75) is 25.2 Å². The van der Waals surface area contributed by atoms with Gasteiger partial charge < -0.3 is 10.5 Å². The second-order valence-corrected chi connectivity index (χ2v) is 6.92. The van der Waals surface area contributed by atoms with Gasteiger partial charge >= 0.3 is 0 Å². The summed E-state index contributed by atoms with van der Waals surface area (Å²) in [6.45, 7) is 0. The number of anilines is 1. The predicted octanol–water partition coefficient (Wildman–Crippen LogP) is 4.00. The number of benzene rings is 2. The minimum Gasteiger partial charge on any atom is -0.497 e. The van der Waals surface area contributed by atoms with E-state index in [1.807, 2.05) is 59.5 Å². The maximum absolute atomic E-state index is 13.0. The fourth-order valence-electron chi connectivity index (χ4n) is 4.09. The van der Waals surface area contributed by atoms with Crippen LogP contribution in [-0.2, 0) is 4.79 Å². The van der Waals surface area contributed by atoms with E-state index in [0.29, 0.717) is 23.4 Å². The van der Waals surface area contributed by atoms with Gasteiger partial charge in [0.1, 0.15) is 11.6 Å². The highest BCUT2D eigenvalue weighted by atomic mass is 16.5. The van der Waals surface area contributed by atoms with Crippen LogP contribution in [0.4, 0.5) is 5.69 Å². The van der Waals surface area contributed by atoms with Crippen molar-refractivity contribution in [3.05, 3.63) is 82.8 Å². The first kappa shape index (κ1) is 17.9. The molecule has 5 heteroatoms. The molecule has 4 rings (SSSR count). The van der Waals surface area contributed by atoms with Crippen molar-refractivity contribution in [1.29, 1.82) is 5.26 Å². The maximum Gasteiger partial charge on any atom is 0.161 e. The van der Waals surface area contributed by atoms with E-state index in [2.05, 4.69) is 6.07 Å². The zero-order valence-corrected chi connectivity index (χ0v) is 15.7. The van der Waals surface area contributed by atoms with Gasteiger partial charge in [-0.15, -0.1) is 0 Å². The highest BCUT2D eigenvalue weighted by molar-refractivity contribution is 6.01. The molecule has 0 radical (unpaired) electrons. The second kappa shape index (κ2) is 7.24. The molecule has 0 amide bonds. The number of nitriles is 1. The number of rotatable bonds is 3. The van der Waals surface area contributed by atoms with Gasteiger partial charge in [-0.2, -0.15) is 5.26 Å². The third-order valence-corrected chi connectivity index (χ3v) is 5.38. The van der Waals surface area contributed by atoms with E-state index in [1.165, 1.54) is 0 Å². The zero-order chi connectivity index (χ0) is 19.7. The third-order valence-electron chi connectivity index (χ3n) is 5.38. The van der Waals surface area contributed by atoms with Crippen molar-refractivity contribution < 1.29 is 9.53 Å². The van der Waals surface area contributed by atoms with E-state index in [9.17, 15) is 10.1 Å². The fourth-order valence-corrected chi connectivity index (χ4v) is 4.09. The predicted molar refractivity (Wildman–Crippen MR) is 107 cm³/mol. The van der Waals surface area contributed by atoms with Crippen molar-refractivity contribution >= 4 is 11.5 Å². The Balaban J connectivity index is 1.93. The van der Waals surface area contributed by atoms with Crippen molar-refractivity contribution in [2.24, 2.45) is 5.73 Å². The summed E-state index contributed by atoms with van der Waals surface area (Å²) in [6, 6.07) is 19.4. The first-order chi connectivity index (χ1) is 13.7. The van der Waals surface area contributed by atoms with Gasteiger partial charge in [-0.3, -0.25) is 9.69 Å². The number of hydrogen-bond acceptors (Lipinski definition) is 5. The molecule has 2 N–H and O–H groups in total. The van der Waals surface area contributed by atoms with Gasteiger partial charge in [0, 0.05) is 23.4 Å². The van der Waals surface area contributed by atoms with Crippen molar-refractivity contribution in [3.8, 4) is 11.8 Å². The number of allylic oxidation sites excluding steroid dienone is 3. The molecule has 2 aromatic carbocycles. The molecular formula is C23H21N3O2. The summed E-state index contributed by atoms with van der Waals surface area (Å²) < 4.78 is 5.24. The molecule has 1 heterocycles. The van der Waals surface area contributed by atoms with Crippen LogP contribution in [0, 0.1) is 11.3 Å². The number of nitrogens with two attached hydrogens (primary N) is 1. The molecule has 28 heavy (non-hydrogen) atoms. The van der Waals surface area contributed by atoms with Crippen LogP contribution in [0.3, 0.4) is 0 Å². The molecular weight excluding hydrogens is 350 g/mol. The van der Waals surface area contributed by atoms with Gasteiger partial charge in [-0.25, -0.2) is 0 Å². The molecule has 2 aromatic rings. The molecule has 1 aliphatic carbocycles. The summed E-state index contributed by atoms with van der Waals surface area (Å²) >= 11 is 0. The van der Waals surface area contributed by atoms with Gasteiger partial charge in [0.15, 0.2) is 5.78 Å². The molecule has 0 fully saturated rings. The summed E-state index contributed by atoms with van der Waals surface area (Å²) in [5.41, 5.74) is 10.2. The summed E-state index contributed by atoms with van der Waals surface area (Å²) in [5.74, 6) is 0.759. The molecule has 0 spiro atoms. The number of hydrogen-bond donors (Lipinski definition) is 1. The molecule has 1 unspecified atom stereocenters. The normalized spacial score (nSPS) is 19.4. The summed E-state index contributed by atoms with van der Waals surface area (Å²) in [7, 11) is 1.61. The fraction of sp³-hybridized carbons (Fsp3) is 0.217. The summed E-state index contributed by atoms with van der Waals surface area (Å²) in [4.78, 5) is 14.9. The van der Waals surface area contributed by atoms with Gasteiger partial charge in [-0.1, -0.05) is 30.3 Å². The topological polar surface area (TPSA) is 79.3 Å². The van der Waals surface area contributed by atoms with E-state index in [1.54, 1.807) is 7.11 Å². The largest absolute Gasteiger partial charge is 0.497 e. The summed E-state index contributed by atoms with van der Waals surface area (Å²) in [5, 5.41) is 9.96. The van der Waals surface area contributed by atoms with Gasteiger partial charge in [0.05, 0.1) is 24.7 Å². The highest BCUT2D eigenvalue weighted by Crippen LogP contribution is 2.46. The lowest BCUT2D eigenvalue weighted by molar-refractivity contribution is -0.116. The van der Waals surface area contributed by atoms with Crippen LogP contribution < -0.4 is 15.4 Å². The lowest BCUT2D eigenvalue weighted by atomic mass is 9.75. The first-order valence-corrected chi connectivity index (χ1v) is 9.30. The minimum atomic E-state index is -0.446. The lowest BCUT2D eigenvalue weighted by Crippen LogP contribution is -2.38. The number of nitrogens with zero attached hydrogens (tertiary/aromatic N) is 2. The SMILES string of the molecule is COc1ccc(C2C(C#N)=C(N)N(c3ccccc3)C3=C2C(=O)CCC3)cc1. The van der Waals surface area contributed by atoms with Crippen molar-refractivity contribution in [3.63, 3.8) is 0 Å². The Hall–Kier alpha value is -3.52. The lowest BCUT2D eigenvalue weighted by Gasteiger charge is -2.39. The number of Topliss-reactive ketones (excluding diaryl/α,β-unsaturated/α-hetero) is 1. The minimum absolute atomic E-state index is 0.0863. The first-order valence-electron chi connectivity index (χ1n) is 9.30. The third kappa shape index (κ3) is 2.84. The second-order valence-electron chi connectivity index (χ2n) is 6.92. The van der Waals surface area contributed by atoms with Crippen LogP contribution in [0.25, 0.3) is 0 Å². The molecule has 0 aromatic heterocycles. The smallest absolute Gasteiger partial charge is 0.161 e. The van der Waals surface area contributed by atoms with Crippen LogP contribution in [-0.4, -0.2) is 12.9 Å². The Morgan fingerprint density at radius 2 is 1.82 bits per heavy atom. The van der Waals surface area contributed by atoms with Gasteiger partial charge in [0.25, 0.3) is 0 Å². The van der Waals surface area contributed by atoms with Crippen LogP contribution in [0.2, 0.25) is 0 Å². The van der Waals surface area contributed by atoms with Crippen molar-refractivity contribution in [1.82, 2.24) is 0 Å². The van der Waals surface area contributed by atoms with E-state index >= 15 is 0 Å². The van der Waals surface area contributed by atoms with Gasteiger partial charge in [-0.05, 0) is 42.7 Å². The van der Waals surface area contributed by atoms with E-state index in [4.69, 9.17) is 10.5 Å². The van der Waals surface area contributed by atoms with Crippen LogP contribution in [0.15, 0.2) is 77.3 Å². The molecule has 5 nitrogen and oxygen atoms in total. The van der Waals surface area contributed by atoms with E-state index < -0.39 is 5.92 Å². The molecule has 0 saturated carbocycles. The molecule has 140 valence electrons. The Morgan fingerprint density at radius 1 is 1.11 bits per heavy atom. The number of carbonyl (C=O) groups is 1. The Bertz CT molecular complexity index is 1010. The number of carbonyl (C=O) groups excluding carboxylic acids is 1. The number of para-hydroxylation sites is 1. The molecule has 0 saturated heterocycles. The number of ether oxygens (including phenoxy) is 1. The van der Waals surface area contributed by atoms with Crippen molar-refractivity contribution in [2.75, 3.05) is 12.0 Å². The quantitative estimate of drug-likeness (QED) is 0.882. The highest BCUT2D eigenvalue weighted by Gasteiger charge is 2.40. The summed E-state index contributed by atoms with van der Waals surface area (Å²) in [6.07, 6.45) is 2.03. The standard InChI is InChI=1S/C23H21N3O2/c1-28-17-12-10-15(11-13-17)21-18(14-24)23(25)26(16-6-3-2-4-7-16)19-8-5-9-20(27)22(19)21/h2-4,6-7,10-13,21H,5,8-9,25H2,1H3. The Labute approximate surface area is 164 Å². The van der Waals surface area contributed by atoms with Gasteiger partial charge in [0.2, 0.25) is 0 Å². The molecule has 1 aliphatic heterocycles.